The summed E-state index contributed by atoms with van der Waals surface area (Å²) in [6.45, 7) is 4.77. The zero-order valence-electron chi connectivity index (χ0n) is 17.9. The molecule has 6 nitrogen and oxygen atoms in total. The van der Waals surface area contributed by atoms with Gasteiger partial charge in [0.1, 0.15) is 24.2 Å². The van der Waals surface area contributed by atoms with Gasteiger partial charge in [-0.15, -0.1) is 0 Å². The SMILES string of the molecule is Cc1ncnc(C)c1F.Cc1ncnc(Oc2ccccc2Cl)c1F.Oc1ccccc1Cl. The number of para-hydroxylation sites is 2. The lowest BCUT2D eigenvalue weighted by Gasteiger charge is -2.07. The molecule has 0 saturated carbocycles. The van der Waals surface area contributed by atoms with Crippen LogP contribution in [0.25, 0.3) is 0 Å². The number of benzene rings is 2. The third kappa shape index (κ3) is 7.93. The molecular formula is C23H20Cl2F2N4O2. The van der Waals surface area contributed by atoms with Crippen molar-refractivity contribution in [2.75, 3.05) is 0 Å². The van der Waals surface area contributed by atoms with Crippen molar-refractivity contribution in [3.8, 4) is 17.4 Å². The second-order valence-corrected chi connectivity index (χ2v) is 7.23. The summed E-state index contributed by atoms with van der Waals surface area (Å²) in [7, 11) is 0. The first kappa shape index (κ1) is 25.9. The van der Waals surface area contributed by atoms with E-state index >= 15 is 0 Å². The first-order valence-electron chi connectivity index (χ1n) is 9.47. The number of nitrogens with zero attached hydrogens (tertiary/aromatic N) is 4. The quantitative estimate of drug-likeness (QED) is 0.337. The monoisotopic (exact) mass is 492 g/mol. The Kier molecular flexibility index (Phi) is 9.90. The Morgan fingerprint density at radius 2 is 1.18 bits per heavy atom. The first-order valence-corrected chi connectivity index (χ1v) is 10.2. The molecule has 4 aromatic rings. The highest BCUT2D eigenvalue weighted by Crippen LogP contribution is 2.29. The number of hydrogen-bond acceptors (Lipinski definition) is 6. The van der Waals surface area contributed by atoms with Gasteiger partial charge in [0.2, 0.25) is 5.82 Å². The Balaban J connectivity index is 0.000000192. The van der Waals surface area contributed by atoms with Crippen LogP contribution in [0.2, 0.25) is 10.0 Å². The fraction of sp³-hybridized carbons (Fsp3) is 0.130. The average molecular weight is 493 g/mol. The molecule has 33 heavy (non-hydrogen) atoms. The number of aromatic nitrogens is 4. The van der Waals surface area contributed by atoms with Gasteiger partial charge in [0, 0.05) is 0 Å². The van der Waals surface area contributed by atoms with Crippen LogP contribution in [0.3, 0.4) is 0 Å². The number of halogens is 4. The summed E-state index contributed by atoms with van der Waals surface area (Å²) in [4.78, 5) is 14.7. The van der Waals surface area contributed by atoms with Crippen LogP contribution in [-0.2, 0) is 0 Å². The van der Waals surface area contributed by atoms with Crippen LogP contribution in [0, 0.1) is 32.4 Å². The van der Waals surface area contributed by atoms with Gasteiger partial charge in [-0.25, -0.2) is 19.3 Å². The lowest BCUT2D eigenvalue weighted by molar-refractivity contribution is 0.417. The highest BCUT2D eigenvalue weighted by atomic mass is 35.5. The second kappa shape index (κ2) is 12.6. The summed E-state index contributed by atoms with van der Waals surface area (Å²) in [5.41, 5.74) is 1.04. The molecule has 0 atom stereocenters. The van der Waals surface area contributed by atoms with Gasteiger partial charge in [0.15, 0.2) is 5.82 Å². The summed E-state index contributed by atoms with van der Waals surface area (Å²) in [6, 6.07) is 13.5. The zero-order valence-corrected chi connectivity index (χ0v) is 19.4. The molecule has 2 aromatic carbocycles. The Hall–Kier alpha value is -3.36. The van der Waals surface area contributed by atoms with Crippen LogP contribution < -0.4 is 4.74 Å². The number of phenolic OH excluding ortho intramolecular Hbond substituents is 1. The van der Waals surface area contributed by atoms with Crippen molar-refractivity contribution in [3.63, 3.8) is 0 Å². The van der Waals surface area contributed by atoms with Crippen LogP contribution in [0.4, 0.5) is 8.78 Å². The van der Waals surface area contributed by atoms with E-state index in [2.05, 4.69) is 19.9 Å². The van der Waals surface area contributed by atoms with Gasteiger partial charge >= 0.3 is 0 Å². The molecule has 0 radical (unpaired) electrons. The maximum absolute atomic E-state index is 13.5. The molecule has 10 heteroatoms. The van der Waals surface area contributed by atoms with Gasteiger partial charge in [0.25, 0.3) is 5.88 Å². The molecule has 0 unspecified atom stereocenters. The fourth-order valence-corrected chi connectivity index (χ4v) is 2.48. The molecule has 0 aliphatic rings. The van der Waals surface area contributed by atoms with Gasteiger partial charge in [0.05, 0.1) is 27.1 Å². The molecule has 0 amide bonds. The molecule has 1 N–H and O–H groups in total. The lowest BCUT2D eigenvalue weighted by Crippen LogP contribution is -1.96. The van der Waals surface area contributed by atoms with Crippen molar-refractivity contribution in [3.05, 3.63) is 99.9 Å². The lowest BCUT2D eigenvalue weighted by atomic mass is 10.3. The summed E-state index contributed by atoms with van der Waals surface area (Å²) >= 11 is 11.3. The van der Waals surface area contributed by atoms with Crippen LogP contribution in [-0.4, -0.2) is 25.0 Å². The predicted octanol–water partition coefficient (Wildman–Crippen LogP) is 6.65. The maximum atomic E-state index is 13.5. The average Bonchev–Trinajstić information content (AvgIpc) is 2.79. The number of aryl methyl sites for hydroxylation is 3. The number of aromatic hydroxyl groups is 1. The standard InChI is InChI=1S/C11H8ClFN2O.C6H5ClO.C6H7FN2/c1-7-10(13)11(15-6-14-7)16-9-5-3-2-4-8(9)12;7-5-3-1-2-4-6(5)8;1-4-6(7)5(2)9-3-8-4/h2-6H,1H3;1-4,8H;3H,1-2H3. The second-order valence-electron chi connectivity index (χ2n) is 6.42. The van der Waals surface area contributed by atoms with Crippen LogP contribution in [0.15, 0.2) is 61.2 Å². The molecule has 4 rings (SSSR count). The molecule has 0 saturated heterocycles. The number of phenols is 1. The molecule has 0 spiro atoms. The van der Waals surface area contributed by atoms with E-state index in [1.54, 1.807) is 62.4 Å². The van der Waals surface area contributed by atoms with E-state index in [9.17, 15) is 8.78 Å². The van der Waals surface area contributed by atoms with Crippen LogP contribution in [0.1, 0.15) is 17.1 Å². The molecule has 2 aromatic heterocycles. The third-order valence-electron chi connectivity index (χ3n) is 3.97. The number of hydrogen-bond donors (Lipinski definition) is 1. The Bertz CT molecular complexity index is 1170. The number of ether oxygens (including phenoxy) is 1. The van der Waals surface area contributed by atoms with Crippen molar-refractivity contribution in [1.82, 2.24) is 19.9 Å². The minimum atomic E-state index is -0.581. The smallest absolute Gasteiger partial charge is 0.259 e. The highest BCUT2D eigenvalue weighted by Gasteiger charge is 2.11. The highest BCUT2D eigenvalue weighted by molar-refractivity contribution is 6.32. The van der Waals surface area contributed by atoms with Crippen molar-refractivity contribution in [2.45, 2.75) is 20.8 Å². The van der Waals surface area contributed by atoms with Crippen molar-refractivity contribution >= 4 is 23.2 Å². The topological polar surface area (TPSA) is 81.0 Å². The summed E-state index contributed by atoms with van der Waals surface area (Å²) in [5, 5.41) is 9.58. The van der Waals surface area contributed by atoms with E-state index in [1.807, 2.05) is 0 Å². The predicted molar refractivity (Wildman–Crippen MR) is 123 cm³/mol. The Labute approximate surface area is 199 Å². The van der Waals surface area contributed by atoms with Gasteiger partial charge < -0.3 is 9.84 Å². The molecule has 2 heterocycles. The molecular weight excluding hydrogens is 473 g/mol. The molecule has 0 aliphatic heterocycles. The third-order valence-corrected chi connectivity index (χ3v) is 4.60. The summed E-state index contributed by atoms with van der Waals surface area (Å²) < 4.78 is 31.4. The van der Waals surface area contributed by atoms with E-state index in [0.717, 1.165) is 0 Å². The molecule has 172 valence electrons. The minimum Gasteiger partial charge on any atom is -0.506 e. The number of rotatable bonds is 2. The van der Waals surface area contributed by atoms with E-state index < -0.39 is 5.82 Å². The zero-order chi connectivity index (χ0) is 24.4. The Morgan fingerprint density at radius 3 is 1.67 bits per heavy atom. The van der Waals surface area contributed by atoms with Crippen molar-refractivity contribution in [1.29, 1.82) is 0 Å². The van der Waals surface area contributed by atoms with Crippen LogP contribution in [0.5, 0.6) is 17.4 Å². The molecule has 0 bridgehead atoms. The van der Waals surface area contributed by atoms with E-state index in [4.69, 9.17) is 33.0 Å². The molecule has 0 fully saturated rings. The van der Waals surface area contributed by atoms with Gasteiger partial charge in [-0.05, 0) is 45.0 Å². The Morgan fingerprint density at radius 1 is 0.697 bits per heavy atom. The van der Waals surface area contributed by atoms with E-state index in [0.29, 0.717) is 27.2 Å². The minimum absolute atomic E-state index is 0.124. The van der Waals surface area contributed by atoms with Gasteiger partial charge in [-0.1, -0.05) is 47.5 Å². The van der Waals surface area contributed by atoms with Gasteiger partial charge in [-0.3, -0.25) is 0 Å². The summed E-state index contributed by atoms with van der Waals surface area (Å²) in [5.74, 6) is -0.518. The first-order chi connectivity index (χ1) is 15.7. The van der Waals surface area contributed by atoms with E-state index in [-0.39, 0.29) is 23.1 Å². The van der Waals surface area contributed by atoms with Crippen LogP contribution >= 0.6 is 23.2 Å². The molecule has 0 aliphatic carbocycles. The normalized spacial score (nSPS) is 9.79. The van der Waals surface area contributed by atoms with Gasteiger partial charge in [-0.2, -0.15) is 9.37 Å². The fourth-order valence-electron chi connectivity index (χ4n) is 2.17. The largest absolute Gasteiger partial charge is 0.506 e. The van der Waals surface area contributed by atoms with Crippen molar-refractivity contribution in [2.24, 2.45) is 0 Å². The maximum Gasteiger partial charge on any atom is 0.259 e. The summed E-state index contributed by atoms with van der Waals surface area (Å²) in [6.07, 6.45) is 2.60. The van der Waals surface area contributed by atoms with E-state index in [1.165, 1.54) is 19.6 Å². The van der Waals surface area contributed by atoms with Crippen molar-refractivity contribution < 1.29 is 18.6 Å².